The number of hydrogen-bond donors (Lipinski definition) is 2. The van der Waals surface area contributed by atoms with E-state index >= 15 is 0 Å². The van der Waals surface area contributed by atoms with E-state index in [1.165, 1.54) is 6.07 Å². The van der Waals surface area contributed by atoms with Crippen molar-refractivity contribution in [2.45, 2.75) is 45.8 Å². The highest BCUT2D eigenvalue weighted by atomic mass is 16.7. The Bertz CT molecular complexity index is 355. The zero-order valence-corrected chi connectivity index (χ0v) is 11.8. The van der Waals surface area contributed by atoms with E-state index in [1.807, 2.05) is 0 Å². The molecule has 0 aliphatic carbocycles. The minimum atomic E-state index is -0.620. The molecule has 0 aliphatic heterocycles. The maximum Gasteiger partial charge on any atom is 0.187 e. The summed E-state index contributed by atoms with van der Waals surface area (Å²) in [4.78, 5) is 0. The van der Waals surface area contributed by atoms with Crippen molar-refractivity contribution in [3.63, 3.8) is 0 Å². The summed E-state index contributed by atoms with van der Waals surface area (Å²) in [5, 5.41) is 19.4. The molecule has 0 radical (unpaired) electrons. The van der Waals surface area contributed by atoms with Crippen molar-refractivity contribution in [3.8, 4) is 11.5 Å². The molecule has 0 unspecified atom stereocenters. The molecule has 0 saturated heterocycles. The second-order valence-electron chi connectivity index (χ2n) is 4.50. The molecule has 0 atom stereocenters. The van der Waals surface area contributed by atoms with Gasteiger partial charge in [0.05, 0.1) is 18.8 Å². The van der Waals surface area contributed by atoms with Crippen molar-refractivity contribution < 1.29 is 19.7 Å². The summed E-state index contributed by atoms with van der Waals surface area (Å²) < 4.78 is 11.3. The Labute approximate surface area is 115 Å². The van der Waals surface area contributed by atoms with Gasteiger partial charge in [-0.15, -0.1) is 0 Å². The number of hydrogen-bond acceptors (Lipinski definition) is 4. The molecule has 0 aliphatic rings. The predicted octanol–water partition coefficient (Wildman–Crippen LogP) is 3.73. The second-order valence-corrected chi connectivity index (χ2v) is 4.50. The number of phenolic OH excluding ortho intramolecular Hbond substituents is 2. The van der Waals surface area contributed by atoms with E-state index in [1.54, 1.807) is 12.1 Å². The molecular weight excluding hydrogens is 244 g/mol. The van der Waals surface area contributed by atoms with Crippen LogP contribution in [0.25, 0.3) is 0 Å². The summed E-state index contributed by atoms with van der Waals surface area (Å²) in [7, 11) is 0. The van der Waals surface area contributed by atoms with Crippen molar-refractivity contribution in [2.24, 2.45) is 0 Å². The fraction of sp³-hybridized carbons (Fsp3) is 0.600. The first-order valence-corrected chi connectivity index (χ1v) is 6.94. The summed E-state index contributed by atoms with van der Waals surface area (Å²) in [5.74, 6) is -0.318. The van der Waals surface area contributed by atoms with E-state index in [-0.39, 0.29) is 11.5 Å². The first kappa shape index (κ1) is 15.8. The Morgan fingerprint density at radius 3 is 2.11 bits per heavy atom. The molecule has 0 spiro atoms. The van der Waals surface area contributed by atoms with Crippen LogP contribution in [0, 0.1) is 0 Å². The van der Waals surface area contributed by atoms with Crippen LogP contribution in [-0.4, -0.2) is 23.4 Å². The maximum absolute atomic E-state index is 9.87. The third-order valence-electron chi connectivity index (χ3n) is 2.83. The third kappa shape index (κ3) is 5.09. The number of rotatable bonds is 9. The van der Waals surface area contributed by atoms with Gasteiger partial charge in [-0.1, -0.05) is 32.8 Å². The summed E-state index contributed by atoms with van der Waals surface area (Å²) in [6, 6.07) is 4.81. The fourth-order valence-corrected chi connectivity index (χ4v) is 1.64. The lowest BCUT2D eigenvalue weighted by molar-refractivity contribution is -0.148. The molecule has 0 saturated carbocycles. The molecule has 1 aromatic carbocycles. The highest BCUT2D eigenvalue weighted by molar-refractivity contribution is 5.44. The van der Waals surface area contributed by atoms with Crippen LogP contribution in [0.15, 0.2) is 18.2 Å². The van der Waals surface area contributed by atoms with E-state index in [4.69, 9.17) is 9.47 Å². The summed E-state index contributed by atoms with van der Waals surface area (Å²) >= 11 is 0. The van der Waals surface area contributed by atoms with E-state index in [0.29, 0.717) is 18.8 Å². The van der Waals surface area contributed by atoms with Gasteiger partial charge in [-0.3, -0.25) is 0 Å². The molecular formula is C15H24O4. The van der Waals surface area contributed by atoms with Crippen LogP contribution in [-0.2, 0) is 9.47 Å². The van der Waals surface area contributed by atoms with Gasteiger partial charge in [-0.05, 0) is 25.0 Å². The van der Waals surface area contributed by atoms with Gasteiger partial charge in [-0.2, -0.15) is 0 Å². The van der Waals surface area contributed by atoms with E-state index in [2.05, 4.69) is 13.8 Å². The van der Waals surface area contributed by atoms with Crippen molar-refractivity contribution >= 4 is 0 Å². The van der Waals surface area contributed by atoms with Gasteiger partial charge in [0, 0.05) is 0 Å². The third-order valence-corrected chi connectivity index (χ3v) is 2.83. The topological polar surface area (TPSA) is 58.9 Å². The number of aromatic hydroxyl groups is 2. The molecule has 0 amide bonds. The van der Waals surface area contributed by atoms with Crippen LogP contribution in [0.3, 0.4) is 0 Å². The Morgan fingerprint density at radius 1 is 1.00 bits per heavy atom. The molecule has 19 heavy (non-hydrogen) atoms. The zero-order chi connectivity index (χ0) is 14.1. The molecule has 4 heteroatoms. The monoisotopic (exact) mass is 268 g/mol. The van der Waals surface area contributed by atoms with Crippen LogP contribution in [0.5, 0.6) is 11.5 Å². The lowest BCUT2D eigenvalue weighted by Gasteiger charge is -2.20. The first-order valence-electron chi connectivity index (χ1n) is 6.94. The van der Waals surface area contributed by atoms with Gasteiger partial charge in [-0.25, -0.2) is 0 Å². The second kappa shape index (κ2) is 8.77. The van der Waals surface area contributed by atoms with Crippen LogP contribution < -0.4 is 0 Å². The van der Waals surface area contributed by atoms with Gasteiger partial charge < -0.3 is 19.7 Å². The van der Waals surface area contributed by atoms with Gasteiger partial charge in [0.2, 0.25) is 0 Å². The Balaban J connectivity index is 2.72. The lowest BCUT2D eigenvalue weighted by atomic mass is 10.1. The number of para-hydroxylation sites is 1. The van der Waals surface area contributed by atoms with Crippen LogP contribution in [0.4, 0.5) is 0 Å². The minimum absolute atomic E-state index is 0.152. The van der Waals surface area contributed by atoms with Crippen molar-refractivity contribution in [1.29, 1.82) is 0 Å². The van der Waals surface area contributed by atoms with Gasteiger partial charge in [0.25, 0.3) is 0 Å². The predicted molar refractivity (Wildman–Crippen MR) is 74.2 cm³/mol. The molecule has 4 nitrogen and oxygen atoms in total. The molecule has 0 heterocycles. The Morgan fingerprint density at radius 2 is 1.58 bits per heavy atom. The molecule has 1 rings (SSSR count). The maximum atomic E-state index is 9.87. The summed E-state index contributed by atoms with van der Waals surface area (Å²) in [6.07, 6.45) is 3.33. The smallest absolute Gasteiger partial charge is 0.187 e. The van der Waals surface area contributed by atoms with E-state index < -0.39 is 6.29 Å². The molecule has 0 aromatic heterocycles. The zero-order valence-electron chi connectivity index (χ0n) is 11.8. The SMILES string of the molecule is CCCCOC(OCCCC)c1cccc(O)c1O. The van der Waals surface area contributed by atoms with Gasteiger partial charge in [0.1, 0.15) is 0 Å². The van der Waals surface area contributed by atoms with Gasteiger partial charge >= 0.3 is 0 Å². The number of phenols is 2. The normalized spacial score (nSPS) is 11.1. The van der Waals surface area contributed by atoms with Crippen molar-refractivity contribution in [2.75, 3.05) is 13.2 Å². The highest BCUT2D eigenvalue weighted by Gasteiger charge is 2.18. The molecule has 108 valence electrons. The van der Waals surface area contributed by atoms with Crippen molar-refractivity contribution in [1.82, 2.24) is 0 Å². The molecule has 1 aromatic rings. The van der Waals surface area contributed by atoms with Gasteiger partial charge in [0.15, 0.2) is 17.8 Å². The molecule has 0 fully saturated rings. The van der Waals surface area contributed by atoms with E-state index in [9.17, 15) is 10.2 Å². The summed E-state index contributed by atoms with van der Waals surface area (Å²) in [6.45, 7) is 5.31. The number of ether oxygens (including phenoxy) is 2. The Hall–Kier alpha value is -1.26. The molecule has 0 bridgehead atoms. The fourth-order valence-electron chi connectivity index (χ4n) is 1.64. The lowest BCUT2D eigenvalue weighted by Crippen LogP contribution is -2.11. The largest absolute Gasteiger partial charge is 0.504 e. The Kier molecular flexibility index (Phi) is 7.30. The van der Waals surface area contributed by atoms with Crippen LogP contribution >= 0.6 is 0 Å². The van der Waals surface area contributed by atoms with E-state index in [0.717, 1.165) is 25.7 Å². The number of benzene rings is 1. The number of unbranched alkanes of at least 4 members (excludes halogenated alkanes) is 2. The average Bonchev–Trinajstić information content (AvgIpc) is 2.41. The van der Waals surface area contributed by atoms with Crippen LogP contribution in [0.1, 0.15) is 51.4 Å². The van der Waals surface area contributed by atoms with Crippen molar-refractivity contribution in [3.05, 3.63) is 23.8 Å². The minimum Gasteiger partial charge on any atom is -0.504 e. The molecule has 2 N–H and O–H groups in total. The summed E-state index contributed by atoms with van der Waals surface area (Å²) in [5.41, 5.74) is 0.479. The average molecular weight is 268 g/mol. The van der Waals surface area contributed by atoms with Crippen LogP contribution in [0.2, 0.25) is 0 Å². The quantitative estimate of drug-likeness (QED) is 0.407. The first-order chi connectivity index (χ1) is 9.20. The highest BCUT2D eigenvalue weighted by Crippen LogP contribution is 2.34. The standard InChI is InChI=1S/C15H24O4/c1-3-5-10-18-15(19-11-6-4-2)12-8-7-9-13(16)14(12)17/h7-9,15-17H,3-6,10-11H2,1-2H3.